The number of amides is 1. The topological polar surface area (TPSA) is 45.2 Å². The summed E-state index contributed by atoms with van der Waals surface area (Å²) in [5, 5.41) is 2.95. The van der Waals surface area contributed by atoms with E-state index in [1.54, 1.807) is 0 Å². The van der Waals surface area contributed by atoms with Gasteiger partial charge in [-0.25, -0.2) is 4.98 Å². The summed E-state index contributed by atoms with van der Waals surface area (Å²) in [4.78, 5) is 19.0. The van der Waals surface area contributed by atoms with Crippen molar-refractivity contribution in [2.45, 2.75) is 47.1 Å². The van der Waals surface area contributed by atoms with E-state index in [-0.39, 0.29) is 11.3 Å². The van der Waals surface area contributed by atoms with Crippen molar-refractivity contribution in [3.05, 3.63) is 47.2 Å². The van der Waals surface area contributed by atoms with Gasteiger partial charge in [-0.2, -0.15) is 0 Å². The van der Waals surface area contributed by atoms with Crippen molar-refractivity contribution in [2.75, 3.05) is 16.8 Å². The molecule has 0 spiro atoms. The molecule has 1 amide bonds. The molecular formula is C21H28BN3O. The Morgan fingerprint density at radius 2 is 2.04 bits per heavy atom. The van der Waals surface area contributed by atoms with Crippen LogP contribution < -0.4 is 15.7 Å². The summed E-state index contributed by atoms with van der Waals surface area (Å²) in [5.74, 6) is 0.680. The van der Waals surface area contributed by atoms with Crippen LogP contribution in [0.25, 0.3) is 0 Å². The van der Waals surface area contributed by atoms with Crippen molar-refractivity contribution in [1.82, 2.24) is 4.98 Å². The molecule has 0 radical (unpaired) electrons. The highest BCUT2D eigenvalue weighted by atomic mass is 16.1. The Hall–Kier alpha value is -2.30. The Bertz CT molecular complexity index is 826. The number of benzene rings is 1. The van der Waals surface area contributed by atoms with Gasteiger partial charge in [-0.05, 0) is 41.5 Å². The van der Waals surface area contributed by atoms with Crippen LogP contribution in [0.2, 0.25) is 0 Å². The SMILES string of the molecule is Bc1ccc2c(c1)CCN(c1cnc(NC(=O)CC(C)(C)C)c(C)c1)C2. The molecule has 3 rings (SSSR count). The molecular weight excluding hydrogens is 321 g/mol. The molecule has 0 unspecified atom stereocenters. The van der Waals surface area contributed by atoms with E-state index in [0.29, 0.717) is 12.2 Å². The molecule has 4 nitrogen and oxygen atoms in total. The Balaban J connectivity index is 1.72. The normalized spacial score (nSPS) is 14.1. The van der Waals surface area contributed by atoms with Gasteiger partial charge in [-0.3, -0.25) is 4.79 Å². The average Bonchev–Trinajstić information content (AvgIpc) is 2.54. The predicted molar refractivity (Wildman–Crippen MR) is 111 cm³/mol. The second-order valence-electron chi connectivity index (χ2n) is 8.59. The largest absolute Gasteiger partial charge is 0.366 e. The molecule has 5 heteroatoms. The molecule has 0 bridgehead atoms. The summed E-state index contributed by atoms with van der Waals surface area (Å²) in [6, 6.07) is 8.83. The lowest BCUT2D eigenvalue weighted by Crippen LogP contribution is -2.31. The maximum absolute atomic E-state index is 12.2. The van der Waals surface area contributed by atoms with E-state index < -0.39 is 0 Å². The van der Waals surface area contributed by atoms with Gasteiger partial charge in [0.25, 0.3) is 0 Å². The third kappa shape index (κ3) is 4.45. The number of rotatable bonds is 3. The van der Waals surface area contributed by atoms with Crippen LogP contribution in [0.3, 0.4) is 0 Å². The highest BCUT2D eigenvalue weighted by molar-refractivity contribution is 6.32. The molecule has 1 aromatic heterocycles. The van der Waals surface area contributed by atoms with Crippen LogP contribution in [-0.2, 0) is 17.8 Å². The van der Waals surface area contributed by atoms with Crippen molar-refractivity contribution in [2.24, 2.45) is 5.41 Å². The van der Waals surface area contributed by atoms with Crippen molar-refractivity contribution >= 4 is 30.7 Å². The van der Waals surface area contributed by atoms with Crippen molar-refractivity contribution < 1.29 is 4.79 Å². The maximum atomic E-state index is 12.2. The molecule has 0 fully saturated rings. The Morgan fingerprint density at radius 3 is 2.73 bits per heavy atom. The molecule has 2 heterocycles. The number of carbonyl (C=O) groups excluding carboxylic acids is 1. The molecule has 26 heavy (non-hydrogen) atoms. The molecule has 0 saturated heterocycles. The molecule has 136 valence electrons. The Labute approximate surface area is 157 Å². The summed E-state index contributed by atoms with van der Waals surface area (Å²) in [7, 11) is 2.15. The van der Waals surface area contributed by atoms with E-state index in [2.05, 4.69) is 68.1 Å². The van der Waals surface area contributed by atoms with Crippen LogP contribution in [0.5, 0.6) is 0 Å². The number of carbonyl (C=O) groups is 1. The Morgan fingerprint density at radius 1 is 1.27 bits per heavy atom. The molecule has 0 aliphatic carbocycles. The van der Waals surface area contributed by atoms with Gasteiger partial charge in [0, 0.05) is 19.5 Å². The standard InChI is InChI=1S/C21H28BN3O/c1-14-9-18(12-23-20(14)24-19(26)11-21(2,3)4)25-8-7-15-10-17(22)6-5-16(15)13-25/h5-6,9-10,12H,7-8,11,13,22H2,1-4H3,(H,23,24,26). The lowest BCUT2D eigenvalue weighted by molar-refractivity contribution is -0.117. The number of nitrogens with one attached hydrogen (secondary N) is 1. The Kier molecular flexibility index (Phi) is 5.08. The second kappa shape index (κ2) is 7.14. The van der Waals surface area contributed by atoms with Crippen molar-refractivity contribution in [3.63, 3.8) is 0 Å². The maximum Gasteiger partial charge on any atom is 0.226 e. The number of aromatic nitrogens is 1. The van der Waals surface area contributed by atoms with E-state index in [4.69, 9.17) is 0 Å². The zero-order valence-electron chi connectivity index (χ0n) is 16.5. The summed E-state index contributed by atoms with van der Waals surface area (Å²) >= 11 is 0. The van der Waals surface area contributed by atoms with E-state index in [0.717, 1.165) is 30.8 Å². The van der Waals surface area contributed by atoms with Gasteiger partial charge in [0.1, 0.15) is 13.7 Å². The number of fused-ring (bicyclic) bond motifs is 1. The fourth-order valence-electron chi connectivity index (χ4n) is 3.42. The van der Waals surface area contributed by atoms with Crippen molar-refractivity contribution in [3.8, 4) is 0 Å². The minimum absolute atomic E-state index is 0.0168. The van der Waals surface area contributed by atoms with Gasteiger partial charge in [0.05, 0.1) is 11.9 Å². The third-order valence-corrected chi connectivity index (χ3v) is 4.75. The van der Waals surface area contributed by atoms with Crippen LogP contribution in [0.15, 0.2) is 30.5 Å². The fraction of sp³-hybridized carbons (Fsp3) is 0.429. The summed E-state index contributed by atoms with van der Waals surface area (Å²) in [6.45, 7) is 10.1. The minimum Gasteiger partial charge on any atom is -0.366 e. The van der Waals surface area contributed by atoms with Gasteiger partial charge in [0.15, 0.2) is 0 Å². The fourth-order valence-corrected chi connectivity index (χ4v) is 3.42. The van der Waals surface area contributed by atoms with Crippen LogP contribution in [0.1, 0.15) is 43.9 Å². The highest BCUT2D eigenvalue weighted by Gasteiger charge is 2.19. The number of pyridine rings is 1. The minimum atomic E-state index is -0.0303. The van der Waals surface area contributed by atoms with E-state index >= 15 is 0 Å². The second-order valence-corrected chi connectivity index (χ2v) is 8.59. The molecule has 0 saturated carbocycles. The molecule has 1 aliphatic rings. The van der Waals surface area contributed by atoms with Crippen LogP contribution in [0, 0.1) is 12.3 Å². The van der Waals surface area contributed by atoms with E-state index in [9.17, 15) is 4.79 Å². The van der Waals surface area contributed by atoms with Gasteiger partial charge in [0.2, 0.25) is 5.91 Å². The van der Waals surface area contributed by atoms with Gasteiger partial charge >= 0.3 is 0 Å². The predicted octanol–water partition coefficient (Wildman–Crippen LogP) is 2.59. The molecule has 2 aromatic rings. The smallest absolute Gasteiger partial charge is 0.226 e. The van der Waals surface area contributed by atoms with E-state index in [1.165, 1.54) is 16.6 Å². The molecule has 1 aromatic carbocycles. The monoisotopic (exact) mass is 349 g/mol. The van der Waals surface area contributed by atoms with Gasteiger partial charge in [-0.15, -0.1) is 0 Å². The summed E-state index contributed by atoms with van der Waals surface area (Å²) in [5.41, 5.74) is 6.25. The van der Waals surface area contributed by atoms with Crippen LogP contribution in [-0.4, -0.2) is 25.3 Å². The molecule has 0 atom stereocenters. The zero-order valence-corrected chi connectivity index (χ0v) is 16.5. The first-order valence-electron chi connectivity index (χ1n) is 9.31. The number of hydrogen-bond acceptors (Lipinski definition) is 3. The number of anilines is 2. The van der Waals surface area contributed by atoms with Crippen LogP contribution in [0.4, 0.5) is 11.5 Å². The van der Waals surface area contributed by atoms with E-state index in [1.807, 2.05) is 13.1 Å². The first kappa shape index (κ1) is 18.5. The lowest BCUT2D eigenvalue weighted by atomic mass is 9.89. The van der Waals surface area contributed by atoms with Gasteiger partial charge in [-0.1, -0.05) is 44.4 Å². The third-order valence-electron chi connectivity index (χ3n) is 4.75. The number of hydrogen-bond donors (Lipinski definition) is 1. The number of aryl methyl sites for hydroxylation is 1. The lowest BCUT2D eigenvalue weighted by Gasteiger charge is -2.31. The molecule has 1 N–H and O–H groups in total. The summed E-state index contributed by atoms with van der Waals surface area (Å²) in [6.07, 6.45) is 3.41. The summed E-state index contributed by atoms with van der Waals surface area (Å²) < 4.78 is 0. The first-order chi connectivity index (χ1) is 12.2. The molecule has 1 aliphatic heterocycles. The average molecular weight is 349 g/mol. The first-order valence-corrected chi connectivity index (χ1v) is 9.31. The quantitative estimate of drug-likeness (QED) is 0.867. The zero-order chi connectivity index (χ0) is 18.9. The van der Waals surface area contributed by atoms with Crippen molar-refractivity contribution in [1.29, 1.82) is 0 Å². The highest BCUT2D eigenvalue weighted by Crippen LogP contribution is 2.26. The van der Waals surface area contributed by atoms with Crippen LogP contribution >= 0.6 is 0 Å². The van der Waals surface area contributed by atoms with Gasteiger partial charge < -0.3 is 10.2 Å². The number of nitrogens with zero attached hydrogens (tertiary/aromatic N) is 2.